The fraction of sp³-hybridized carbons (Fsp3) is 0.143. The van der Waals surface area contributed by atoms with E-state index in [9.17, 15) is 9.59 Å². The zero-order chi connectivity index (χ0) is 14.0. The first-order valence-corrected chi connectivity index (χ1v) is 6.30. The molecule has 0 saturated carbocycles. The Hall–Kier alpha value is -1.88. The van der Waals surface area contributed by atoms with Crippen molar-refractivity contribution in [2.45, 2.75) is 6.92 Å². The molecular formula is C14H11BrO4. The summed E-state index contributed by atoms with van der Waals surface area (Å²) in [5.74, 6) is 0.224. The summed E-state index contributed by atoms with van der Waals surface area (Å²) >= 11 is 3.37. The van der Waals surface area contributed by atoms with Gasteiger partial charge in [-0.15, -0.1) is 0 Å². The Labute approximate surface area is 118 Å². The molecule has 0 spiro atoms. The Bertz CT molecular complexity index is 643. The summed E-state index contributed by atoms with van der Waals surface area (Å²) in [6.07, 6.45) is 0.618. The Balaban J connectivity index is 2.65. The summed E-state index contributed by atoms with van der Waals surface area (Å²) in [5, 5.41) is 0. The molecule has 0 saturated heterocycles. The maximum absolute atomic E-state index is 11.9. The molecule has 5 heteroatoms. The Morgan fingerprint density at radius 3 is 2.63 bits per heavy atom. The van der Waals surface area contributed by atoms with Crippen LogP contribution in [0.5, 0.6) is 0 Å². The van der Waals surface area contributed by atoms with Gasteiger partial charge in [-0.1, -0.05) is 15.9 Å². The van der Waals surface area contributed by atoms with Crippen LogP contribution in [0, 0.1) is 6.92 Å². The largest absolute Gasteiger partial charge is 0.465 e. The summed E-state index contributed by atoms with van der Waals surface area (Å²) in [6.45, 7) is 1.81. The van der Waals surface area contributed by atoms with Gasteiger partial charge in [0.15, 0.2) is 12.0 Å². The van der Waals surface area contributed by atoms with Crippen LogP contribution in [-0.4, -0.2) is 19.4 Å². The lowest BCUT2D eigenvalue weighted by Crippen LogP contribution is -2.06. The number of ether oxygens (including phenoxy) is 1. The van der Waals surface area contributed by atoms with Crippen molar-refractivity contribution in [1.29, 1.82) is 0 Å². The van der Waals surface area contributed by atoms with E-state index in [2.05, 4.69) is 15.9 Å². The molecule has 0 unspecified atom stereocenters. The van der Waals surface area contributed by atoms with Crippen molar-refractivity contribution < 1.29 is 18.7 Å². The first-order valence-electron chi connectivity index (χ1n) is 5.51. The smallest absolute Gasteiger partial charge is 0.338 e. The number of carbonyl (C=O) groups excluding carboxylic acids is 2. The van der Waals surface area contributed by atoms with Crippen LogP contribution in [0.2, 0.25) is 0 Å². The van der Waals surface area contributed by atoms with Gasteiger partial charge in [-0.2, -0.15) is 0 Å². The lowest BCUT2D eigenvalue weighted by atomic mass is 10.0. The third-order valence-corrected chi connectivity index (χ3v) is 3.66. The molecular weight excluding hydrogens is 312 g/mol. The zero-order valence-corrected chi connectivity index (χ0v) is 12.0. The van der Waals surface area contributed by atoms with Crippen LogP contribution in [0.25, 0.3) is 11.3 Å². The summed E-state index contributed by atoms with van der Waals surface area (Å²) in [6, 6.07) is 6.77. The normalized spacial score (nSPS) is 10.3. The Morgan fingerprint density at radius 1 is 1.32 bits per heavy atom. The number of hydrogen-bond acceptors (Lipinski definition) is 4. The van der Waals surface area contributed by atoms with E-state index in [4.69, 9.17) is 9.15 Å². The van der Waals surface area contributed by atoms with Crippen molar-refractivity contribution in [2.75, 3.05) is 7.11 Å². The lowest BCUT2D eigenvalue weighted by molar-refractivity contribution is 0.0600. The summed E-state index contributed by atoms with van der Waals surface area (Å²) in [5.41, 5.74) is 1.78. The highest BCUT2D eigenvalue weighted by molar-refractivity contribution is 9.10. The van der Waals surface area contributed by atoms with E-state index in [1.165, 1.54) is 7.11 Å². The molecule has 1 aromatic carbocycles. The number of aldehydes is 1. The second-order valence-electron chi connectivity index (χ2n) is 3.91. The van der Waals surface area contributed by atoms with Crippen LogP contribution in [0.4, 0.5) is 0 Å². The lowest BCUT2D eigenvalue weighted by Gasteiger charge is -2.10. The number of hydrogen-bond donors (Lipinski definition) is 0. The number of rotatable bonds is 3. The van der Waals surface area contributed by atoms with Crippen LogP contribution in [0.15, 0.2) is 33.2 Å². The Morgan fingerprint density at radius 2 is 2.05 bits per heavy atom. The molecule has 0 radical (unpaired) electrons. The fourth-order valence-corrected chi connectivity index (χ4v) is 2.15. The summed E-state index contributed by atoms with van der Waals surface area (Å²) in [4.78, 5) is 22.6. The second kappa shape index (κ2) is 5.40. The topological polar surface area (TPSA) is 56.5 Å². The van der Waals surface area contributed by atoms with Crippen molar-refractivity contribution in [3.8, 4) is 11.3 Å². The molecule has 0 aliphatic rings. The predicted octanol–water partition coefficient (Wildman–Crippen LogP) is 3.62. The number of halogens is 1. The quantitative estimate of drug-likeness (QED) is 0.639. The Kier molecular flexibility index (Phi) is 3.85. The molecule has 0 bridgehead atoms. The molecule has 0 amide bonds. The molecule has 0 atom stereocenters. The van der Waals surface area contributed by atoms with E-state index < -0.39 is 5.97 Å². The molecule has 0 fully saturated rings. The van der Waals surface area contributed by atoms with E-state index in [0.29, 0.717) is 23.2 Å². The highest BCUT2D eigenvalue weighted by atomic mass is 79.9. The third kappa shape index (κ3) is 2.46. The van der Waals surface area contributed by atoms with Crippen molar-refractivity contribution in [3.63, 3.8) is 0 Å². The third-order valence-electron chi connectivity index (χ3n) is 2.80. The van der Waals surface area contributed by atoms with Gasteiger partial charge in [0.05, 0.1) is 12.7 Å². The average molecular weight is 323 g/mol. The van der Waals surface area contributed by atoms with Crippen molar-refractivity contribution in [3.05, 3.63) is 45.6 Å². The maximum atomic E-state index is 11.9. The molecule has 2 rings (SSSR count). The molecule has 0 aliphatic carbocycles. The number of carbonyl (C=O) groups is 2. The minimum Gasteiger partial charge on any atom is -0.465 e. The van der Waals surface area contributed by atoms with Gasteiger partial charge in [-0.3, -0.25) is 4.79 Å². The fourth-order valence-electron chi connectivity index (χ4n) is 1.82. The van der Waals surface area contributed by atoms with Crippen molar-refractivity contribution in [2.24, 2.45) is 0 Å². The summed E-state index contributed by atoms with van der Waals surface area (Å²) in [7, 11) is 1.32. The van der Waals surface area contributed by atoms with E-state index in [1.54, 1.807) is 18.2 Å². The number of esters is 1. The van der Waals surface area contributed by atoms with E-state index in [-0.39, 0.29) is 5.76 Å². The molecule has 1 heterocycles. The maximum Gasteiger partial charge on any atom is 0.338 e. The van der Waals surface area contributed by atoms with Gasteiger partial charge in [0.2, 0.25) is 0 Å². The monoisotopic (exact) mass is 322 g/mol. The minimum absolute atomic E-state index is 0.214. The highest BCUT2D eigenvalue weighted by Crippen LogP contribution is 2.32. The molecule has 2 aromatic rings. The number of methoxy groups -OCH3 is 1. The van der Waals surface area contributed by atoms with E-state index >= 15 is 0 Å². The average Bonchev–Trinajstić information content (AvgIpc) is 2.89. The molecule has 98 valence electrons. The molecule has 0 aliphatic heterocycles. The van der Waals surface area contributed by atoms with Gasteiger partial charge in [0, 0.05) is 10.0 Å². The van der Waals surface area contributed by atoms with Crippen LogP contribution < -0.4 is 0 Å². The molecule has 1 aromatic heterocycles. The minimum atomic E-state index is -0.446. The van der Waals surface area contributed by atoms with Crippen LogP contribution in [-0.2, 0) is 4.74 Å². The van der Waals surface area contributed by atoms with Gasteiger partial charge in [-0.25, -0.2) is 4.79 Å². The molecule has 19 heavy (non-hydrogen) atoms. The first-order chi connectivity index (χ1) is 9.08. The molecule has 4 nitrogen and oxygen atoms in total. The summed E-state index contributed by atoms with van der Waals surface area (Å²) < 4.78 is 11.0. The van der Waals surface area contributed by atoms with Gasteiger partial charge in [0.25, 0.3) is 0 Å². The standard InChI is InChI=1S/C14H11BrO4/c1-8-11(15)5-4-10(13(8)14(17)18-2)12-6-3-9(7-16)19-12/h3-7H,1-2H3. The molecule has 0 N–H and O–H groups in total. The van der Waals surface area contributed by atoms with Gasteiger partial charge in [-0.05, 0) is 36.8 Å². The highest BCUT2D eigenvalue weighted by Gasteiger charge is 2.20. The van der Waals surface area contributed by atoms with E-state index in [1.807, 2.05) is 13.0 Å². The zero-order valence-electron chi connectivity index (χ0n) is 10.4. The van der Waals surface area contributed by atoms with Crippen molar-refractivity contribution in [1.82, 2.24) is 0 Å². The number of benzene rings is 1. The van der Waals surface area contributed by atoms with E-state index in [0.717, 1.165) is 10.0 Å². The van der Waals surface area contributed by atoms with Crippen LogP contribution >= 0.6 is 15.9 Å². The first kappa shape index (κ1) is 13.5. The number of furan rings is 1. The second-order valence-corrected chi connectivity index (χ2v) is 4.76. The van der Waals surface area contributed by atoms with Gasteiger partial charge >= 0.3 is 5.97 Å². The van der Waals surface area contributed by atoms with Crippen LogP contribution in [0.1, 0.15) is 26.5 Å². The SMILES string of the molecule is COC(=O)c1c(-c2ccc(C=O)o2)ccc(Br)c1C. The van der Waals surface area contributed by atoms with Crippen molar-refractivity contribution >= 4 is 28.2 Å². The van der Waals surface area contributed by atoms with Crippen LogP contribution in [0.3, 0.4) is 0 Å². The van der Waals surface area contributed by atoms with Gasteiger partial charge in [0.1, 0.15) is 5.76 Å². The van der Waals surface area contributed by atoms with Gasteiger partial charge < -0.3 is 9.15 Å². The predicted molar refractivity (Wildman–Crippen MR) is 73.3 cm³/mol.